The molecule has 4 aliphatic rings. The number of fused-ring (bicyclic) bond motifs is 1. The van der Waals surface area contributed by atoms with Crippen LogP contribution in [0.15, 0.2) is 28.3 Å². The van der Waals surface area contributed by atoms with Gasteiger partial charge in [0.25, 0.3) is 0 Å². The monoisotopic (exact) mass is 306 g/mol. The first kappa shape index (κ1) is 14.2. The maximum absolute atomic E-state index is 14.4. The van der Waals surface area contributed by atoms with E-state index in [0.29, 0.717) is 5.92 Å². The molecule has 0 radical (unpaired) electrons. The number of amidine groups is 1. The number of dihydropyridines is 1. The molecule has 0 aromatic carbocycles. The minimum Gasteiger partial charge on any atom is -0.381 e. The molecule has 0 saturated carbocycles. The number of nitrogens with zero attached hydrogens (tertiary/aromatic N) is 1. The molecule has 0 amide bonds. The van der Waals surface area contributed by atoms with E-state index in [1.54, 1.807) is 0 Å². The number of allylic oxidation sites excluding steroid dienone is 2. The minimum atomic E-state index is -0.142. The summed E-state index contributed by atoms with van der Waals surface area (Å²) in [5.41, 5.74) is 1.69. The second kappa shape index (κ2) is 6.01. The van der Waals surface area contributed by atoms with Crippen molar-refractivity contribution < 1.29 is 9.13 Å². The molecule has 0 spiro atoms. The van der Waals surface area contributed by atoms with Crippen LogP contribution in [-0.4, -0.2) is 38.3 Å². The lowest BCUT2D eigenvalue weighted by Gasteiger charge is -2.29. The Kier molecular flexibility index (Phi) is 3.88. The molecule has 0 aromatic heterocycles. The van der Waals surface area contributed by atoms with Crippen molar-refractivity contribution in [2.75, 3.05) is 26.3 Å². The summed E-state index contributed by atoms with van der Waals surface area (Å²) >= 11 is 0. The molecule has 4 aliphatic heterocycles. The molecular weight excluding hydrogens is 283 g/mol. The highest BCUT2D eigenvalue weighted by Crippen LogP contribution is 2.36. The van der Waals surface area contributed by atoms with Gasteiger partial charge in [0.15, 0.2) is 0 Å². The molecule has 2 saturated heterocycles. The third kappa shape index (κ3) is 2.54. The van der Waals surface area contributed by atoms with Gasteiger partial charge in [-0.3, -0.25) is 0 Å². The molecule has 120 valence electrons. The molecule has 4 heterocycles. The average molecular weight is 306 g/mol. The van der Waals surface area contributed by atoms with Crippen LogP contribution in [0.4, 0.5) is 4.39 Å². The Morgan fingerprint density at radius 1 is 1.09 bits per heavy atom. The van der Waals surface area contributed by atoms with Gasteiger partial charge in [0, 0.05) is 30.9 Å². The molecule has 3 N–H and O–H groups in total. The van der Waals surface area contributed by atoms with Gasteiger partial charge < -0.3 is 20.7 Å². The summed E-state index contributed by atoms with van der Waals surface area (Å²) in [5.74, 6) is 1.55. The van der Waals surface area contributed by atoms with Crippen molar-refractivity contribution in [1.29, 1.82) is 0 Å². The van der Waals surface area contributed by atoms with Gasteiger partial charge in [-0.25, -0.2) is 9.38 Å². The zero-order valence-corrected chi connectivity index (χ0v) is 12.7. The highest BCUT2D eigenvalue weighted by atomic mass is 19.1. The van der Waals surface area contributed by atoms with Crippen molar-refractivity contribution in [3.8, 4) is 0 Å². The third-order valence-electron chi connectivity index (χ3n) is 5.07. The van der Waals surface area contributed by atoms with Crippen LogP contribution in [0.25, 0.3) is 0 Å². The van der Waals surface area contributed by atoms with Gasteiger partial charge in [0.1, 0.15) is 17.8 Å². The molecule has 6 heteroatoms. The largest absolute Gasteiger partial charge is 0.381 e. The summed E-state index contributed by atoms with van der Waals surface area (Å²) in [7, 11) is 0. The molecule has 4 rings (SSSR count). The van der Waals surface area contributed by atoms with E-state index in [4.69, 9.17) is 9.73 Å². The number of nitrogens with one attached hydrogen (secondary N) is 3. The molecule has 22 heavy (non-hydrogen) atoms. The van der Waals surface area contributed by atoms with E-state index in [9.17, 15) is 4.39 Å². The molecule has 1 unspecified atom stereocenters. The summed E-state index contributed by atoms with van der Waals surface area (Å²) in [6.45, 7) is 3.49. The summed E-state index contributed by atoms with van der Waals surface area (Å²) in [4.78, 5) is 4.81. The van der Waals surface area contributed by atoms with Gasteiger partial charge in [-0.2, -0.15) is 0 Å². The summed E-state index contributed by atoms with van der Waals surface area (Å²) < 4.78 is 19.9. The Hall–Kier alpha value is -1.40. The van der Waals surface area contributed by atoms with Crippen LogP contribution < -0.4 is 16.0 Å². The number of hydrogen-bond acceptors (Lipinski definition) is 5. The van der Waals surface area contributed by atoms with E-state index >= 15 is 0 Å². The normalized spacial score (nSPS) is 30.3. The molecule has 5 nitrogen and oxygen atoms in total. The van der Waals surface area contributed by atoms with Gasteiger partial charge in [0.05, 0.1) is 5.70 Å². The topological polar surface area (TPSA) is 57.7 Å². The lowest BCUT2D eigenvalue weighted by molar-refractivity contribution is 0.0821. The molecule has 0 bridgehead atoms. The highest BCUT2D eigenvalue weighted by molar-refractivity contribution is 5.89. The fraction of sp³-hybridized carbons (Fsp3) is 0.688. The fourth-order valence-corrected chi connectivity index (χ4v) is 3.83. The van der Waals surface area contributed by atoms with Crippen LogP contribution in [0.3, 0.4) is 0 Å². The number of hydrogen-bond donors (Lipinski definition) is 3. The molecule has 0 aliphatic carbocycles. The number of aliphatic imine (C=N–C) groups is 1. The highest BCUT2D eigenvalue weighted by Gasteiger charge is 2.36. The van der Waals surface area contributed by atoms with Gasteiger partial charge in [0.2, 0.25) is 0 Å². The van der Waals surface area contributed by atoms with Crippen LogP contribution >= 0.6 is 0 Å². The molecule has 2 fully saturated rings. The van der Waals surface area contributed by atoms with Crippen LogP contribution in [0.1, 0.15) is 25.7 Å². The van der Waals surface area contributed by atoms with Crippen LogP contribution in [0.2, 0.25) is 0 Å². The first-order chi connectivity index (χ1) is 10.8. The van der Waals surface area contributed by atoms with Gasteiger partial charge in [-0.05, 0) is 44.7 Å². The van der Waals surface area contributed by atoms with Crippen LogP contribution in [0, 0.1) is 11.8 Å². The van der Waals surface area contributed by atoms with Gasteiger partial charge >= 0.3 is 0 Å². The number of ether oxygens (including phenoxy) is 1. The first-order valence-corrected chi connectivity index (χ1v) is 8.32. The Morgan fingerprint density at radius 3 is 2.64 bits per heavy atom. The van der Waals surface area contributed by atoms with Gasteiger partial charge in [-0.15, -0.1) is 0 Å². The minimum absolute atomic E-state index is 0.0674. The quantitative estimate of drug-likeness (QED) is 0.722. The van der Waals surface area contributed by atoms with Crippen molar-refractivity contribution in [2.45, 2.75) is 31.8 Å². The Morgan fingerprint density at radius 2 is 1.86 bits per heavy atom. The molecule has 1 atom stereocenters. The van der Waals surface area contributed by atoms with E-state index in [1.165, 1.54) is 6.20 Å². The number of piperidine rings is 1. The maximum Gasteiger partial charge on any atom is 0.144 e. The van der Waals surface area contributed by atoms with E-state index in [2.05, 4.69) is 16.0 Å². The number of rotatable bonds is 2. The van der Waals surface area contributed by atoms with Crippen LogP contribution in [0.5, 0.6) is 0 Å². The fourth-order valence-electron chi connectivity index (χ4n) is 3.83. The van der Waals surface area contributed by atoms with E-state index in [-0.39, 0.29) is 17.9 Å². The predicted octanol–water partition coefficient (Wildman–Crippen LogP) is 1.41. The maximum atomic E-state index is 14.4. The van der Waals surface area contributed by atoms with E-state index < -0.39 is 0 Å². The van der Waals surface area contributed by atoms with E-state index in [0.717, 1.165) is 69.1 Å². The summed E-state index contributed by atoms with van der Waals surface area (Å²) in [6.07, 6.45) is 5.38. The molecule has 0 aromatic rings. The lowest BCUT2D eigenvalue weighted by Crippen LogP contribution is -2.44. The lowest BCUT2D eigenvalue weighted by atomic mass is 9.86. The second-order valence-corrected chi connectivity index (χ2v) is 6.44. The zero-order valence-electron chi connectivity index (χ0n) is 12.7. The summed E-state index contributed by atoms with van der Waals surface area (Å²) in [6, 6.07) is 0. The van der Waals surface area contributed by atoms with Crippen molar-refractivity contribution in [3.05, 3.63) is 23.3 Å². The van der Waals surface area contributed by atoms with Crippen molar-refractivity contribution >= 4 is 5.84 Å². The smallest absolute Gasteiger partial charge is 0.144 e. The first-order valence-electron chi connectivity index (χ1n) is 8.32. The Labute approximate surface area is 130 Å². The number of halogens is 1. The Bertz CT molecular complexity index is 530. The average Bonchev–Trinajstić information content (AvgIpc) is 3.00. The second-order valence-electron chi connectivity index (χ2n) is 6.44. The molecular formula is C16H23FN4O. The van der Waals surface area contributed by atoms with E-state index in [1.807, 2.05) is 0 Å². The third-order valence-corrected chi connectivity index (χ3v) is 5.07. The van der Waals surface area contributed by atoms with Crippen molar-refractivity contribution in [2.24, 2.45) is 16.8 Å². The van der Waals surface area contributed by atoms with Crippen molar-refractivity contribution in [3.63, 3.8) is 0 Å². The van der Waals surface area contributed by atoms with Gasteiger partial charge in [-0.1, -0.05) is 0 Å². The SMILES string of the molecule is FC1=CNC2NC(C3CCOCC3)=NC2=C1C1CCNCC1. The van der Waals surface area contributed by atoms with Crippen molar-refractivity contribution in [1.82, 2.24) is 16.0 Å². The zero-order chi connectivity index (χ0) is 14.9. The standard InChI is InChI=1S/C16H23FN4O/c17-12-9-19-16-14(13(12)10-1-5-18-6-2-10)20-15(21-16)11-3-7-22-8-4-11/h9-11,16,18-19H,1-8H2,(H,20,21). The summed E-state index contributed by atoms with van der Waals surface area (Å²) in [5, 5.41) is 9.90. The Balaban J connectivity index is 1.63. The van der Waals surface area contributed by atoms with Crippen LogP contribution in [-0.2, 0) is 4.74 Å². The predicted molar refractivity (Wildman–Crippen MR) is 82.8 cm³/mol.